The van der Waals surface area contributed by atoms with Crippen molar-refractivity contribution in [1.82, 2.24) is 4.98 Å². The second-order valence-electron chi connectivity index (χ2n) is 9.81. The van der Waals surface area contributed by atoms with E-state index < -0.39 is 6.04 Å². The fourth-order valence-electron chi connectivity index (χ4n) is 4.48. The molecule has 2 fully saturated rings. The van der Waals surface area contributed by atoms with Gasteiger partial charge in [0.25, 0.3) is 0 Å². The summed E-state index contributed by atoms with van der Waals surface area (Å²) in [4.78, 5) is 30.9. The summed E-state index contributed by atoms with van der Waals surface area (Å²) in [5, 5.41) is 3.90. The van der Waals surface area contributed by atoms with E-state index in [0.717, 1.165) is 64.9 Å². The molecule has 0 radical (unpaired) electrons. The Morgan fingerprint density at radius 2 is 1.84 bits per heavy atom. The van der Waals surface area contributed by atoms with Gasteiger partial charge in [0.2, 0.25) is 5.91 Å². The number of aromatic nitrogens is 1. The van der Waals surface area contributed by atoms with E-state index in [4.69, 9.17) is 19.9 Å². The van der Waals surface area contributed by atoms with Crippen molar-refractivity contribution in [2.75, 3.05) is 19.0 Å². The lowest BCUT2D eigenvalue weighted by Gasteiger charge is -2.17. The average Bonchev–Trinajstić information content (AvgIpc) is 3.66. The first kappa shape index (κ1) is 26.3. The smallest absolute Gasteiger partial charge is 0.323 e. The summed E-state index contributed by atoms with van der Waals surface area (Å²) in [5.41, 5.74) is 7.62. The molecule has 38 heavy (non-hydrogen) atoms. The Bertz CT molecular complexity index is 1290. The zero-order chi connectivity index (χ0) is 26.5. The molecule has 2 aliphatic rings. The average molecular weight is 536 g/mol. The molecule has 2 aliphatic carbocycles. The van der Waals surface area contributed by atoms with Crippen LogP contribution < -0.4 is 20.5 Å². The zero-order valence-electron chi connectivity index (χ0n) is 21.5. The summed E-state index contributed by atoms with van der Waals surface area (Å²) < 4.78 is 17.1. The van der Waals surface area contributed by atoms with Crippen LogP contribution in [-0.2, 0) is 14.3 Å². The molecule has 1 aromatic heterocycles. The molecule has 0 spiro atoms. The van der Waals surface area contributed by atoms with Gasteiger partial charge in [0.1, 0.15) is 12.1 Å². The van der Waals surface area contributed by atoms with Crippen LogP contribution in [0.4, 0.5) is 5.69 Å². The van der Waals surface area contributed by atoms with Crippen molar-refractivity contribution in [3.63, 3.8) is 0 Å². The molecule has 1 heterocycles. The Morgan fingerprint density at radius 3 is 2.55 bits per heavy atom. The van der Waals surface area contributed by atoms with E-state index in [-0.39, 0.29) is 30.5 Å². The van der Waals surface area contributed by atoms with Gasteiger partial charge in [0.15, 0.2) is 11.5 Å². The summed E-state index contributed by atoms with van der Waals surface area (Å²) in [6.45, 7) is 0.251. The Balaban J connectivity index is 1.22. The van der Waals surface area contributed by atoms with Crippen molar-refractivity contribution in [1.29, 1.82) is 0 Å². The lowest BCUT2D eigenvalue weighted by Crippen LogP contribution is -2.35. The molecule has 200 valence electrons. The molecule has 3 N–H and O–H groups in total. The normalized spacial score (nSPS) is 16.3. The van der Waals surface area contributed by atoms with Gasteiger partial charge in [0, 0.05) is 45.5 Å². The molecule has 0 aliphatic heterocycles. The Morgan fingerprint density at radius 1 is 1.08 bits per heavy atom. The summed E-state index contributed by atoms with van der Waals surface area (Å²) >= 11 is 1.61. The van der Waals surface area contributed by atoms with Crippen LogP contribution in [0.25, 0.3) is 10.9 Å². The van der Waals surface area contributed by atoms with Crippen LogP contribution in [0.15, 0.2) is 58.5 Å². The number of nitrogens with zero attached hydrogens (tertiary/aromatic N) is 1. The van der Waals surface area contributed by atoms with Crippen LogP contribution in [0.1, 0.15) is 44.9 Å². The van der Waals surface area contributed by atoms with Gasteiger partial charge in [-0.05, 0) is 74.9 Å². The zero-order valence-corrected chi connectivity index (χ0v) is 22.3. The lowest BCUT2D eigenvalue weighted by atomic mass is 10.2. The maximum atomic E-state index is 12.3. The van der Waals surface area contributed by atoms with Gasteiger partial charge in [-0.3, -0.25) is 14.6 Å². The Kier molecular flexibility index (Phi) is 8.34. The maximum Gasteiger partial charge on any atom is 0.323 e. The summed E-state index contributed by atoms with van der Waals surface area (Å²) in [6, 6.07) is 12.8. The lowest BCUT2D eigenvalue weighted by molar-refractivity contribution is -0.150. The number of pyridine rings is 1. The SMILES string of the molecule is COc1cc2c(Sc3ccc(NC(=O)C4CC4)cc3)ccnc2cc1OCCC(N)C(=O)OC1CCCC1. The van der Waals surface area contributed by atoms with E-state index in [1.54, 1.807) is 25.1 Å². The molecule has 0 saturated heterocycles. The Labute approximate surface area is 226 Å². The van der Waals surface area contributed by atoms with Crippen molar-refractivity contribution in [2.45, 2.75) is 66.9 Å². The fourth-order valence-corrected chi connectivity index (χ4v) is 5.41. The summed E-state index contributed by atoms with van der Waals surface area (Å²) in [7, 11) is 1.59. The first-order valence-electron chi connectivity index (χ1n) is 13.1. The van der Waals surface area contributed by atoms with Gasteiger partial charge in [-0.25, -0.2) is 0 Å². The second kappa shape index (κ2) is 12.0. The minimum absolute atomic E-state index is 0.000630. The van der Waals surface area contributed by atoms with Gasteiger partial charge in [0.05, 0.1) is 19.2 Å². The van der Waals surface area contributed by atoms with Crippen molar-refractivity contribution < 1.29 is 23.8 Å². The number of anilines is 1. The number of hydrogen-bond acceptors (Lipinski definition) is 8. The molecule has 8 nitrogen and oxygen atoms in total. The topological polar surface area (TPSA) is 113 Å². The molecule has 0 bridgehead atoms. The highest BCUT2D eigenvalue weighted by Crippen LogP contribution is 2.39. The number of methoxy groups -OCH3 is 1. The highest BCUT2D eigenvalue weighted by Gasteiger charge is 2.29. The van der Waals surface area contributed by atoms with Crippen LogP contribution in [0.3, 0.4) is 0 Å². The van der Waals surface area contributed by atoms with E-state index in [0.29, 0.717) is 17.9 Å². The quantitative estimate of drug-likeness (QED) is 0.317. The first-order valence-corrected chi connectivity index (χ1v) is 14.0. The number of ether oxygens (including phenoxy) is 3. The van der Waals surface area contributed by atoms with E-state index in [2.05, 4.69) is 10.3 Å². The molecular weight excluding hydrogens is 502 g/mol. The maximum absolute atomic E-state index is 12.3. The van der Waals surface area contributed by atoms with Crippen LogP contribution in [0.5, 0.6) is 11.5 Å². The second-order valence-corrected chi connectivity index (χ2v) is 10.9. The highest BCUT2D eigenvalue weighted by molar-refractivity contribution is 7.99. The number of carbonyl (C=O) groups is 2. The molecular formula is C29H33N3O5S. The van der Waals surface area contributed by atoms with Crippen LogP contribution in [0.2, 0.25) is 0 Å². The van der Waals surface area contributed by atoms with Crippen molar-refractivity contribution >= 4 is 40.2 Å². The molecule has 1 atom stereocenters. The number of amides is 1. The number of rotatable bonds is 11. The number of esters is 1. The minimum atomic E-state index is -0.725. The van der Waals surface area contributed by atoms with Crippen molar-refractivity contribution in [2.24, 2.45) is 11.7 Å². The number of nitrogens with one attached hydrogen (secondary N) is 1. The summed E-state index contributed by atoms with van der Waals surface area (Å²) in [6.07, 6.45) is 8.09. The van der Waals surface area contributed by atoms with E-state index >= 15 is 0 Å². The number of fused-ring (bicyclic) bond motifs is 1. The molecule has 1 unspecified atom stereocenters. The van der Waals surface area contributed by atoms with Gasteiger partial charge in [-0.15, -0.1) is 0 Å². The highest BCUT2D eigenvalue weighted by atomic mass is 32.2. The van der Waals surface area contributed by atoms with E-state index in [9.17, 15) is 9.59 Å². The van der Waals surface area contributed by atoms with Crippen molar-refractivity contribution in [3.8, 4) is 11.5 Å². The number of carbonyl (C=O) groups excluding carboxylic acids is 2. The minimum Gasteiger partial charge on any atom is -0.493 e. The van der Waals surface area contributed by atoms with Crippen molar-refractivity contribution in [3.05, 3.63) is 48.7 Å². The third-order valence-electron chi connectivity index (χ3n) is 6.86. The van der Waals surface area contributed by atoms with Gasteiger partial charge >= 0.3 is 5.97 Å². The van der Waals surface area contributed by atoms with Crippen LogP contribution in [-0.4, -0.2) is 42.7 Å². The third-order valence-corrected chi connectivity index (χ3v) is 7.94. The van der Waals surface area contributed by atoms with Gasteiger partial charge < -0.3 is 25.3 Å². The van der Waals surface area contributed by atoms with Crippen LogP contribution >= 0.6 is 11.8 Å². The molecule has 5 rings (SSSR count). The molecule has 2 saturated carbocycles. The predicted octanol–water partition coefficient (Wildman–Crippen LogP) is 5.33. The monoisotopic (exact) mass is 535 g/mol. The number of hydrogen-bond donors (Lipinski definition) is 2. The van der Waals surface area contributed by atoms with Gasteiger partial charge in [-0.2, -0.15) is 0 Å². The van der Waals surface area contributed by atoms with E-state index in [1.807, 2.05) is 42.5 Å². The molecule has 3 aromatic rings. The van der Waals surface area contributed by atoms with E-state index in [1.165, 1.54) is 0 Å². The first-order chi connectivity index (χ1) is 18.5. The Hall–Kier alpha value is -3.30. The number of nitrogens with two attached hydrogens (primary N) is 1. The molecule has 9 heteroatoms. The fraction of sp³-hybridized carbons (Fsp3) is 0.414. The number of benzene rings is 2. The van der Waals surface area contributed by atoms with Gasteiger partial charge in [-0.1, -0.05) is 11.8 Å². The summed E-state index contributed by atoms with van der Waals surface area (Å²) in [5.74, 6) is 1.02. The predicted molar refractivity (Wildman–Crippen MR) is 147 cm³/mol. The third kappa shape index (κ3) is 6.57. The standard InChI is InChI=1S/C29H33N3O5S/c1-35-25-16-22-24(17-26(25)36-15-13-23(30)29(34)37-20-4-2-3-5-20)31-14-12-27(22)38-21-10-8-19(9-11-21)32-28(33)18-6-7-18/h8-12,14,16-18,20,23H,2-7,13,15,30H2,1H3,(H,32,33). The molecule has 2 aromatic carbocycles. The van der Waals surface area contributed by atoms with Crippen LogP contribution in [0, 0.1) is 5.92 Å². The molecule has 1 amide bonds. The largest absolute Gasteiger partial charge is 0.493 e.